The Morgan fingerprint density at radius 3 is 2.80 bits per heavy atom. The van der Waals surface area contributed by atoms with Crippen molar-refractivity contribution in [2.45, 2.75) is 18.8 Å². The van der Waals surface area contributed by atoms with E-state index in [0.29, 0.717) is 5.56 Å². The second-order valence-electron chi connectivity index (χ2n) is 5.59. The zero-order chi connectivity index (χ0) is 18.6. The van der Waals surface area contributed by atoms with Crippen LogP contribution in [0.25, 0.3) is 0 Å². The van der Waals surface area contributed by atoms with E-state index in [1.165, 1.54) is 13.2 Å². The van der Waals surface area contributed by atoms with Crippen LogP contribution in [0.2, 0.25) is 0 Å². The first-order chi connectivity index (χ1) is 11.7. The minimum atomic E-state index is -3.37. The summed E-state index contributed by atoms with van der Waals surface area (Å²) in [5.74, 6) is -1.51. The number of amides is 1. The lowest BCUT2D eigenvalue weighted by atomic mass is 9.72. The predicted molar refractivity (Wildman–Crippen MR) is 89.5 cm³/mol. The summed E-state index contributed by atoms with van der Waals surface area (Å²) in [4.78, 5) is 23.6. The molecule has 136 valence electrons. The average Bonchev–Trinajstić information content (AvgIpc) is 2.53. The molecule has 1 aliphatic rings. The van der Waals surface area contributed by atoms with E-state index in [1.54, 1.807) is 12.1 Å². The second kappa shape index (κ2) is 7.85. The van der Waals surface area contributed by atoms with Gasteiger partial charge in [0.2, 0.25) is 15.9 Å². The molecule has 9 nitrogen and oxygen atoms in total. The van der Waals surface area contributed by atoms with Crippen LogP contribution in [0.3, 0.4) is 0 Å². The van der Waals surface area contributed by atoms with Gasteiger partial charge in [0, 0.05) is 13.0 Å². The first-order valence-electron chi connectivity index (χ1n) is 7.50. The smallest absolute Gasteiger partial charge is 0.534 e. The molecule has 0 bridgehead atoms. The lowest BCUT2D eigenvalue weighted by molar-refractivity contribution is -0.121. The van der Waals surface area contributed by atoms with Crippen LogP contribution < -0.4 is 14.7 Å². The molecule has 0 saturated carbocycles. The molecule has 1 amide bonds. The molecule has 11 heteroatoms. The molecule has 0 aromatic heterocycles. The van der Waals surface area contributed by atoms with Gasteiger partial charge in [-0.05, 0) is 18.1 Å². The third-order valence-corrected chi connectivity index (χ3v) is 4.32. The van der Waals surface area contributed by atoms with Gasteiger partial charge in [0.1, 0.15) is 11.3 Å². The number of carbonyl (C=O) groups is 2. The molecule has 25 heavy (non-hydrogen) atoms. The first kappa shape index (κ1) is 19.2. The summed E-state index contributed by atoms with van der Waals surface area (Å²) in [5.41, 5.74) is 0.842. The van der Waals surface area contributed by atoms with Gasteiger partial charge in [-0.15, -0.1) is 0 Å². The number of fused-ring (bicyclic) bond motifs is 1. The predicted octanol–water partition coefficient (Wildman–Crippen LogP) is -1.15. The minimum Gasteiger partial charge on any atom is -0.534 e. The Hall–Kier alpha value is -2.11. The van der Waals surface area contributed by atoms with Gasteiger partial charge in [-0.3, -0.25) is 4.79 Å². The quantitative estimate of drug-likeness (QED) is 0.426. The molecule has 1 aromatic rings. The minimum absolute atomic E-state index is 0.0442. The third kappa shape index (κ3) is 5.18. The van der Waals surface area contributed by atoms with Gasteiger partial charge in [0.05, 0.1) is 19.3 Å². The van der Waals surface area contributed by atoms with Crippen molar-refractivity contribution in [3.8, 4) is 5.75 Å². The maximum absolute atomic E-state index is 11.9. The Labute approximate surface area is 145 Å². The van der Waals surface area contributed by atoms with E-state index >= 15 is 0 Å². The summed E-state index contributed by atoms with van der Waals surface area (Å²) in [6.45, 7) is -0.0442. The van der Waals surface area contributed by atoms with Crippen molar-refractivity contribution in [3.05, 3.63) is 29.3 Å². The third-order valence-electron chi connectivity index (χ3n) is 3.59. The molecule has 0 aliphatic carbocycles. The maximum Gasteiger partial charge on any atom is 0.547 e. The van der Waals surface area contributed by atoms with E-state index in [0.717, 1.165) is 6.26 Å². The van der Waals surface area contributed by atoms with Crippen LogP contribution in [0.1, 0.15) is 22.3 Å². The summed E-state index contributed by atoms with van der Waals surface area (Å²) >= 11 is 0. The lowest BCUT2D eigenvalue weighted by Crippen LogP contribution is -2.53. The summed E-state index contributed by atoms with van der Waals surface area (Å²) in [5, 5.41) is 12.7. The highest BCUT2D eigenvalue weighted by molar-refractivity contribution is 7.88. The maximum atomic E-state index is 11.9. The number of benzene rings is 1. The highest BCUT2D eigenvalue weighted by Gasteiger charge is 2.37. The van der Waals surface area contributed by atoms with Gasteiger partial charge < -0.3 is 19.7 Å². The molecule has 0 fully saturated rings. The summed E-state index contributed by atoms with van der Waals surface area (Å²) in [7, 11) is -3.46. The van der Waals surface area contributed by atoms with Crippen LogP contribution in [0, 0.1) is 0 Å². The van der Waals surface area contributed by atoms with Crippen molar-refractivity contribution in [2.24, 2.45) is 0 Å². The van der Waals surface area contributed by atoms with E-state index < -0.39 is 35.0 Å². The SMILES string of the molecule is COC(=O)c1cccc2c1OB(O)C(NC(=O)CCNS(C)(=O)=O)C2. The van der Waals surface area contributed by atoms with E-state index in [4.69, 9.17) is 4.65 Å². The normalized spacial score (nSPS) is 16.6. The highest BCUT2D eigenvalue weighted by Crippen LogP contribution is 2.30. The molecule has 0 radical (unpaired) electrons. The highest BCUT2D eigenvalue weighted by atomic mass is 32.2. The number of para-hydroxylation sites is 1. The largest absolute Gasteiger partial charge is 0.547 e. The number of sulfonamides is 1. The van der Waals surface area contributed by atoms with Gasteiger partial charge in [-0.2, -0.15) is 0 Å². The van der Waals surface area contributed by atoms with Crippen molar-refractivity contribution < 1.29 is 32.4 Å². The summed E-state index contributed by atoms with van der Waals surface area (Å²) < 4.78 is 34.2. The Balaban J connectivity index is 2.02. The molecule has 1 aliphatic heterocycles. The van der Waals surface area contributed by atoms with E-state index in [2.05, 4.69) is 14.8 Å². The molecule has 2 rings (SSSR count). The fourth-order valence-corrected chi connectivity index (χ4v) is 2.92. The zero-order valence-electron chi connectivity index (χ0n) is 13.8. The second-order valence-corrected chi connectivity index (χ2v) is 7.42. The molecule has 1 aromatic carbocycles. The summed E-state index contributed by atoms with van der Waals surface area (Å²) in [6, 6.07) is 4.90. The Morgan fingerprint density at radius 2 is 2.16 bits per heavy atom. The van der Waals surface area contributed by atoms with Crippen LogP contribution in [0.15, 0.2) is 18.2 Å². The van der Waals surface area contributed by atoms with Gasteiger partial charge in [0.15, 0.2) is 0 Å². The number of ether oxygens (including phenoxy) is 1. The first-order valence-corrected chi connectivity index (χ1v) is 9.39. The number of carbonyl (C=O) groups excluding carboxylic acids is 2. The Bertz CT molecular complexity index is 768. The zero-order valence-corrected chi connectivity index (χ0v) is 14.6. The van der Waals surface area contributed by atoms with Crippen molar-refractivity contribution >= 4 is 29.0 Å². The number of methoxy groups -OCH3 is 1. The van der Waals surface area contributed by atoms with Crippen LogP contribution in [-0.2, 0) is 26.0 Å². The molecule has 3 N–H and O–H groups in total. The van der Waals surface area contributed by atoms with E-state index in [-0.39, 0.29) is 30.7 Å². The average molecular weight is 370 g/mol. The molecular weight excluding hydrogens is 351 g/mol. The van der Waals surface area contributed by atoms with Crippen LogP contribution in [0.4, 0.5) is 0 Å². The molecule has 0 spiro atoms. The number of esters is 1. The van der Waals surface area contributed by atoms with Gasteiger partial charge in [0.25, 0.3) is 0 Å². The molecule has 1 atom stereocenters. The van der Waals surface area contributed by atoms with Gasteiger partial charge >= 0.3 is 13.1 Å². The van der Waals surface area contributed by atoms with Crippen molar-refractivity contribution in [3.63, 3.8) is 0 Å². The van der Waals surface area contributed by atoms with Gasteiger partial charge in [-0.25, -0.2) is 17.9 Å². The monoisotopic (exact) mass is 370 g/mol. The number of hydrogen-bond donors (Lipinski definition) is 3. The summed E-state index contributed by atoms with van der Waals surface area (Å²) in [6.07, 6.45) is 1.18. The molecule has 1 unspecified atom stereocenters. The number of hydrogen-bond acceptors (Lipinski definition) is 7. The molecule has 1 heterocycles. The van der Waals surface area contributed by atoms with Crippen LogP contribution in [-0.4, -0.2) is 58.3 Å². The standard InChI is InChI=1S/C14H19BN2O7S/c1-23-14(19)10-5-3-4-9-8-11(15(20)24-13(9)10)17-12(18)6-7-16-25(2,21)22/h3-5,11,16,20H,6-8H2,1-2H3,(H,17,18). The van der Waals surface area contributed by atoms with E-state index in [9.17, 15) is 23.0 Å². The van der Waals surface area contributed by atoms with Crippen molar-refractivity contribution in [1.29, 1.82) is 0 Å². The number of nitrogens with one attached hydrogen (secondary N) is 2. The topological polar surface area (TPSA) is 131 Å². The van der Waals surface area contributed by atoms with E-state index in [1.807, 2.05) is 0 Å². The molecular formula is C14H19BN2O7S. The van der Waals surface area contributed by atoms with Crippen LogP contribution in [0.5, 0.6) is 5.75 Å². The Kier molecular flexibility index (Phi) is 6.04. The lowest BCUT2D eigenvalue weighted by Gasteiger charge is -2.29. The Morgan fingerprint density at radius 1 is 1.44 bits per heavy atom. The molecule has 0 saturated heterocycles. The van der Waals surface area contributed by atoms with Crippen molar-refractivity contribution in [1.82, 2.24) is 10.0 Å². The fraction of sp³-hybridized carbons (Fsp3) is 0.429. The fourth-order valence-electron chi connectivity index (χ4n) is 2.45. The van der Waals surface area contributed by atoms with Gasteiger partial charge in [-0.1, -0.05) is 12.1 Å². The van der Waals surface area contributed by atoms with Crippen molar-refractivity contribution in [2.75, 3.05) is 19.9 Å². The van der Waals surface area contributed by atoms with Crippen LogP contribution >= 0.6 is 0 Å². The number of rotatable bonds is 6.